The van der Waals surface area contributed by atoms with Gasteiger partial charge in [0.2, 0.25) is 0 Å². The predicted octanol–water partition coefficient (Wildman–Crippen LogP) is 3.37. The molecule has 4 rings (SSSR count). The third kappa shape index (κ3) is 3.46. The average Bonchev–Trinajstić information content (AvgIpc) is 3.05. The standard InChI is InChI=1S/C22H22N2O2S/c1-27-17-8-5-14(6-9-17)18-4-2-3-15-11-16(7-10-19(15)18)22(26)24-12-20(23)21(25)13-24/h2-11,20-21,25H,12-13,23H2,1H3/t20-,21-/m1/s1. The molecular formula is C22H22N2O2S. The second-order valence-electron chi connectivity index (χ2n) is 6.91. The van der Waals surface area contributed by atoms with Crippen LogP contribution in [0.25, 0.3) is 21.9 Å². The summed E-state index contributed by atoms with van der Waals surface area (Å²) in [6.45, 7) is 0.680. The van der Waals surface area contributed by atoms with E-state index in [0.717, 1.165) is 21.9 Å². The van der Waals surface area contributed by atoms with E-state index in [1.54, 1.807) is 16.7 Å². The van der Waals surface area contributed by atoms with E-state index in [2.05, 4.69) is 36.6 Å². The molecule has 1 aliphatic rings. The van der Waals surface area contributed by atoms with Crippen LogP contribution in [0, 0.1) is 0 Å². The van der Waals surface area contributed by atoms with Crippen molar-refractivity contribution >= 4 is 28.4 Å². The molecule has 0 aliphatic carbocycles. The predicted molar refractivity (Wildman–Crippen MR) is 111 cm³/mol. The van der Waals surface area contributed by atoms with Gasteiger partial charge in [-0.3, -0.25) is 4.79 Å². The maximum absolute atomic E-state index is 12.8. The van der Waals surface area contributed by atoms with Crippen molar-refractivity contribution in [3.05, 3.63) is 66.2 Å². The van der Waals surface area contributed by atoms with Gasteiger partial charge in [-0.1, -0.05) is 36.4 Å². The highest BCUT2D eigenvalue weighted by Crippen LogP contribution is 2.31. The first-order chi connectivity index (χ1) is 13.1. The summed E-state index contributed by atoms with van der Waals surface area (Å²) in [5.74, 6) is -0.0846. The molecule has 4 nitrogen and oxygen atoms in total. The van der Waals surface area contributed by atoms with Crippen LogP contribution in [0.15, 0.2) is 65.6 Å². The van der Waals surface area contributed by atoms with Crippen LogP contribution in [0.1, 0.15) is 10.4 Å². The molecule has 5 heteroatoms. The molecule has 138 valence electrons. The zero-order valence-corrected chi connectivity index (χ0v) is 15.9. The Balaban J connectivity index is 1.68. The monoisotopic (exact) mass is 378 g/mol. The second-order valence-corrected chi connectivity index (χ2v) is 7.79. The minimum Gasteiger partial charge on any atom is -0.390 e. The fourth-order valence-corrected chi connectivity index (χ4v) is 4.01. The number of aliphatic hydroxyl groups is 1. The number of benzene rings is 3. The molecule has 3 N–H and O–H groups in total. The zero-order valence-electron chi connectivity index (χ0n) is 15.1. The Morgan fingerprint density at radius 3 is 2.56 bits per heavy atom. The van der Waals surface area contributed by atoms with Crippen LogP contribution in [0.3, 0.4) is 0 Å². The van der Waals surface area contributed by atoms with E-state index in [0.29, 0.717) is 18.7 Å². The second kappa shape index (κ2) is 7.35. The van der Waals surface area contributed by atoms with Gasteiger partial charge in [0.05, 0.1) is 6.10 Å². The highest BCUT2D eigenvalue weighted by molar-refractivity contribution is 7.98. The van der Waals surface area contributed by atoms with Crippen LogP contribution in [0.5, 0.6) is 0 Å². The zero-order chi connectivity index (χ0) is 19.0. The van der Waals surface area contributed by atoms with Gasteiger partial charge in [0.1, 0.15) is 0 Å². The summed E-state index contributed by atoms with van der Waals surface area (Å²) in [7, 11) is 0. The first kappa shape index (κ1) is 18.0. The number of nitrogens with two attached hydrogens (primary N) is 1. The summed E-state index contributed by atoms with van der Waals surface area (Å²) >= 11 is 1.72. The number of rotatable bonds is 3. The molecule has 0 saturated carbocycles. The molecule has 2 atom stereocenters. The Kier molecular flexibility index (Phi) is 4.91. The van der Waals surface area contributed by atoms with Crippen molar-refractivity contribution in [2.75, 3.05) is 19.3 Å². The van der Waals surface area contributed by atoms with E-state index in [1.807, 2.05) is 30.3 Å². The smallest absolute Gasteiger partial charge is 0.254 e. The van der Waals surface area contributed by atoms with Crippen LogP contribution in [0.2, 0.25) is 0 Å². The summed E-state index contributed by atoms with van der Waals surface area (Å²) in [5.41, 5.74) is 8.77. The molecule has 27 heavy (non-hydrogen) atoms. The van der Waals surface area contributed by atoms with Crippen LogP contribution in [-0.4, -0.2) is 47.4 Å². The number of amides is 1. The Morgan fingerprint density at radius 2 is 1.89 bits per heavy atom. The molecule has 0 radical (unpaired) electrons. The van der Waals surface area contributed by atoms with E-state index in [-0.39, 0.29) is 11.9 Å². The van der Waals surface area contributed by atoms with Gasteiger partial charge in [-0.25, -0.2) is 0 Å². The highest BCUT2D eigenvalue weighted by Gasteiger charge is 2.31. The maximum atomic E-state index is 12.8. The number of carbonyl (C=O) groups is 1. The van der Waals surface area contributed by atoms with Gasteiger partial charge in [-0.15, -0.1) is 11.8 Å². The molecule has 0 bridgehead atoms. The fourth-order valence-electron chi connectivity index (χ4n) is 3.60. The molecule has 3 aromatic rings. The minimum absolute atomic E-state index is 0.0846. The van der Waals surface area contributed by atoms with Gasteiger partial charge in [0.25, 0.3) is 5.91 Å². The summed E-state index contributed by atoms with van der Waals surface area (Å²) < 4.78 is 0. The number of hydrogen-bond donors (Lipinski definition) is 2. The lowest BCUT2D eigenvalue weighted by molar-refractivity contribution is 0.0765. The van der Waals surface area contributed by atoms with Crippen molar-refractivity contribution < 1.29 is 9.90 Å². The van der Waals surface area contributed by atoms with Crippen LogP contribution >= 0.6 is 11.8 Å². The van der Waals surface area contributed by atoms with E-state index in [4.69, 9.17) is 5.73 Å². The lowest BCUT2D eigenvalue weighted by Gasteiger charge is -2.16. The van der Waals surface area contributed by atoms with E-state index in [1.165, 1.54) is 4.90 Å². The number of fused-ring (bicyclic) bond motifs is 1. The van der Waals surface area contributed by atoms with Gasteiger partial charge in [-0.2, -0.15) is 0 Å². The van der Waals surface area contributed by atoms with E-state index in [9.17, 15) is 9.90 Å². The quantitative estimate of drug-likeness (QED) is 0.686. The molecule has 0 aromatic heterocycles. The van der Waals surface area contributed by atoms with E-state index >= 15 is 0 Å². The Bertz CT molecular complexity index is 977. The summed E-state index contributed by atoms with van der Waals surface area (Å²) in [6.07, 6.45) is 1.42. The largest absolute Gasteiger partial charge is 0.390 e. The molecule has 1 amide bonds. The van der Waals surface area contributed by atoms with Crippen molar-refractivity contribution in [3.8, 4) is 11.1 Å². The van der Waals surface area contributed by atoms with E-state index < -0.39 is 6.10 Å². The number of aliphatic hydroxyl groups excluding tert-OH is 1. The van der Waals surface area contributed by atoms with Gasteiger partial charge in [0.15, 0.2) is 0 Å². The highest BCUT2D eigenvalue weighted by atomic mass is 32.2. The lowest BCUT2D eigenvalue weighted by atomic mass is 9.97. The third-order valence-electron chi connectivity index (χ3n) is 5.15. The number of likely N-dealkylation sites (tertiary alicyclic amines) is 1. The Labute approximate surface area is 163 Å². The molecular weight excluding hydrogens is 356 g/mol. The first-order valence-corrected chi connectivity index (χ1v) is 10.2. The molecule has 0 spiro atoms. The summed E-state index contributed by atoms with van der Waals surface area (Å²) in [5, 5.41) is 12.0. The molecule has 3 aromatic carbocycles. The van der Waals surface area contributed by atoms with Gasteiger partial charge < -0.3 is 15.7 Å². The Morgan fingerprint density at radius 1 is 1.11 bits per heavy atom. The topological polar surface area (TPSA) is 66.6 Å². The minimum atomic E-state index is -0.648. The number of nitrogens with zero attached hydrogens (tertiary/aromatic N) is 1. The average molecular weight is 378 g/mol. The van der Waals surface area contributed by atoms with Gasteiger partial charge in [0, 0.05) is 29.6 Å². The normalized spacial score (nSPS) is 19.6. The third-order valence-corrected chi connectivity index (χ3v) is 5.89. The van der Waals surface area contributed by atoms with Gasteiger partial charge >= 0.3 is 0 Å². The molecule has 1 aliphatic heterocycles. The number of thioether (sulfide) groups is 1. The van der Waals surface area contributed by atoms with Gasteiger partial charge in [-0.05, 0) is 52.4 Å². The molecule has 0 unspecified atom stereocenters. The number of carbonyl (C=O) groups excluding carboxylic acids is 1. The van der Waals surface area contributed by atoms with Crippen molar-refractivity contribution in [2.45, 2.75) is 17.0 Å². The van der Waals surface area contributed by atoms with Crippen LogP contribution < -0.4 is 5.73 Å². The molecule has 1 heterocycles. The van der Waals surface area contributed by atoms with Crippen LogP contribution in [-0.2, 0) is 0 Å². The summed E-state index contributed by atoms with van der Waals surface area (Å²) in [4.78, 5) is 15.6. The fraction of sp³-hybridized carbons (Fsp3) is 0.227. The first-order valence-electron chi connectivity index (χ1n) is 8.97. The lowest BCUT2D eigenvalue weighted by Crippen LogP contribution is -2.33. The molecule has 1 saturated heterocycles. The Hall–Kier alpha value is -2.34. The summed E-state index contributed by atoms with van der Waals surface area (Å²) in [6, 6.07) is 20.1. The number of β-amino-alcohol motifs (C(OH)–C–C–N with tert-alkyl or cyclic N) is 1. The van der Waals surface area contributed by atoms with Crippen molar-refractivity contribution in [1.29, 1.82) is 0 Å². The SMILES string of the molecule is CSc1ccc(-c2cccc3cc(C(=O)N4C[C@@H](N)[C@H](O)C4)ccc23)cc1. The molecule has 1 fully saturated rings. The van der Waals surface area contributed by atoms with Crippen molar-refractivity contribution in [2.24, 2.45) is 5.73 Å². The van der Waals surface area contributed by atoms with Crippen molar-refractivity contribution in [3.63, 3.8) is 0 Å². The van der Waals surface area contributed by atoms with Crippen molar-refractivity contribution in [1.82, 2.24) is 4.90 Å². The maximum Gasteiger partial charge on any atom is 0.254 e. The number of hydrogen-bond acceptors (Lipinski definition) is 4. The van der Waals surface area contributed by atoms with Crippen LogP contribution in [0.4, 0.5) is 0 Å².